The highest BCUT2D eigenvalue weighted by Crippen LogP contribution is 2.45. The van der Waals surface area contributed by atoms with Crippen LogP contribution in [-0.4, -0.2) is 19.5 Å². The number of para-hydroxylation sites is 2. The van der Waals surface area contributed by atoms with Gasteiger partial charge in [0.1, 0.15) is 0 Å². The molecule has 5 heteroatoms. The first-order valence-corrected chi connectivity index (χ1v) is 19.6. The van der Waals surface area contributed by atoms with Crippen LogP contribution in [0.15, 0.2) is 194 Å². The van der Waals surface area contributed by atoms with E-state index in [0.717, 1.165) is 44.6 Å². The van der Waals surface area contributed by atoms with Crippen molar-refractivity contribution in [1.29, 1.82) is 0 Å². The van der Waals surface area contributed by atoms with E-state index in [1.807, 2.05) is 47.7 Å². The summed E-state index contributed by atoms with van der Waals surface area (Å²) in [5.74, 6) is 1.92. The van der Waals surface area contributed by atoms with E-state index in [9.17, 15) is 0 Å². The number of hydrogen-bond acceptors (Lipinski definition) is 4. The van der Waals surface area contributed by atoms with Crippen LogP contribution in [0, 0.1) is 0 Å². The first-order valence-electron chi connectivity index (χ1n) is 18.8. The number of nitrogens with zero attached hydrogens (tertiary/aromatic N) is 4. The Labute approximate surface area is 327 Å². The SMILES string of the molecule is c1ccc(-c2ccc(-c3ccc4c(c3)sc3ccc5c6ccccc6n(-c6ccccc6)c5c34)c(-c3nc(-c4ccccc4)nc(-c4ccccc4)n3)c2)cc1. The summed E-state index contributed by atoms with van der Waals surface area (Å²) in [6.07, 6.45) is 0. The standard InChI is InChI=1S/C51H32N4S/c1-5-15-33(16-6-1)36-25-27-39(43(31-36)51-53-49(34-17-7-2-8-18-34)52-50(54-51)35-19-9-3-10-20-35)37-26-28-42-46(32-37)56-45-30-29-41-40-23-13-14-24-44(40)55(48(41)47(42)45)38-21-11-4-12-22-38/h1-32H. The minimum Gasteiger partial charge on any atom is -0.309 e. The Morgan fingerprint density at radius 3 is 1.62 bits per heavy atom. The van der Waals surface area contributed by atoms with E-state index >= 15 is 0 Å². The Balaban J connectivity index is 1.15. The van der Waals surface area contributed by atoms with Crippen LogP contribution in [0.3, 0.4) is 0 Å². The molecule has 0 fully saturated rings. The maximum absolute atomic E-state index is 5.19. The molecule has 0 bridgehead atoms. The Kier molecular flexibility index (Phi) is 7.64. The van der Waals surface area contributed by atoms with Crippen molar-refractivity contribution in [3.8, 4) is 62.1 Å². The first-order chi connectivity index (χ1) is 27.8. The van der Waals surface area contributed by atoms with Crippen molar-refractivity contribution in [2.24, 2.45) is 0 Å². The maximum Gasteiger partial charge on any atom is 0.164 e. The molecule has 11 rings (SSSR count). The fourth-order valence-electron chi connectivity index (χ4n) is 8.05. The predicted octanol–water partition coefficient (Wildman–Crippen LogP) is 13.7. The average Bonchev–Trinajstić information content (AvgIpc) is 3.82. The number of rotatable bonds is 6. The first kappa shape index (κ1) is 32.2. The summed E-state index contributed by atoms with van der Waals surface area (Å²) in [4.78, 5) is 15.4. The summed E-state index contributed by atoms with van der Waals surface area (Å²) in [5, 5.41) is 5.05. The van der Waals surface area contributed by atoms with Crippen LogP contribution in [0.25, 0.3) is 104 Å². The minimum atomic E-state index is 0.635. The third-order valence-electron chi connectivity index (χ3n) is 10.7. The molecule has 0 amide bonds. The molecule has 0 aliphatic carbocycles. The van der Waals surface area contributed by atoms with Crippen molar-refractivity contribution < 1.29 is 0 Å². The monoisotopic (exact) mass is 732 g/mol. The molecule has 8 aromatic carbocycles. The summed E-state index contributed by atoms with van der Waals surface area (Å²) in [6, 6.07) is 68.5. The zero-order valence-electron chi connectivity index (χ0n) is 30.2. The predicted molar refractivity (Wildman–Crippen MR) is 234 cm³/mol. The van der Waals surface area contributed by atoms with E-state index in [-0.39, 0.29) is 0 Å². The van der Waals surface area contributed by atoms with Crippen LogP contribution < -0.4 is 0 Å². The molecule has 3 aromatic heterocycles. The van der Waals surface area contributed by atoms with E-state index < -0.39 is 0 Å². The van der Waals surface area contributed by atoms with E-state index in [4.69, 9.17) is 15.0 Å². The molecule has 0 aliphatic rings. The van der Waals surface area contributed by atoms with Crippen LogP contribution in [0.5, 0.6) is 0 Å². The topological polar surface area (TPSA) is 43.6 Å². The summed E-state index contributed by atoms with van der Waals surface area (Å²) in [5.41, 5.74) is 10.9. The fraction of sp³-hybridized carbons (Fsp3) is 0. The summed E-state index contributed by atoms with van der Waals surface area (Å²) in [7, 11) is 0. The van der Waals surface area contributed by atoms with Crippen molar-refractivity contribution >= 4 is 53.3 Å². The van der Waals surface area contributed by atoms with Gasteiger partial charge in [-0.3, -0.25) is 0 Å². The molecule has 262 valence electrons. The van der Waals surface area contributed by atoms with Crippen LogP contribution in [0.1, 0.15) is 0 Å². The summed E-state index contributed by atoms with van der Waals surface area (Å²) < 4.78 is 4.93. The molecular weight excluding hydrogens is 701 g/mol. The van der Waals surface area contributed by atoms with Crippen molar-refractivity contribution in [3.05, 3.63) is 194 Å². The molecule has 11 aromatic rings. The average molecular weight is 733 g/mol. The van der Waals surface area contributed by atoms with Gasteiger partial charge in [-0.15, -0.1) is 11.3 Å². The molecule has 0 N–H and O–H groups in total. The smallest absolute Gasteiger partial charge is 0.164 e. The second-order valence-corrected chi connectivity index (χ2v) is 15.1. The molecular formula is C51H32N4S. The van der Waals surface area contributed by atoms with E-state index in [0.29, 0.717) is 17.5 Å². The molecule has 0 atom stereocenters. The van der Waals surface area contributed by atoms with E-state index in [1.165, 1.54) is 42.0 Å². The lowest BCUT2D eigenvalue weighted by Gasteiger charge is -2.14. The lowest BCUT2D eigenvalue weighted by atomic mass is 9.93. The molecule has 4 nitrogen and oxygen atoms in total. The van der Waals surface area contributed by atoms with Gasteiger partial charge < -0.3 is 4.57 Å². The third-order valence-corrected chi connectivity index (χ3v) is 11.8. The highest BCUT2D eigenvalue weighted by atomic mass is 32.1. The van der Waals surface area contributed by atoms with E-state index in [1.54, 1.807) is 0 Å². The molecule has 0 saturated heterocycles. The van der Waals surface area contributed by atoms with Gasteiger partial charge in [-0.1, -0.05) is 158 Å². The molecule has 56 heavy (non-hydrogen) atoms. The van der Waals surface area contributed by atoms with Crippen molar-refractivity contribution in [2.75, 3.05) is 0 Å². The quantitative estimate of drug-likeness (QED) is 0.171. The number of thiophene rings is 1. The van der Waals surface area contributed by atoms with Gasteiger partial charge in [-0.2, -0.15) is 0 Å². The van der Waals surface area contributed by atoms with Gasteiger partial charge in [0.25, 0.3) is 0 Å². The molecule has 0 unspecified atom stereocenters. The normalized spacial score (nSPS) is 11.6. The molecule has 0 aliphatic heterocycles. The second kappa shape index (κ2) is 13.3. The van der Waals surface area contributed by atoms with Crippen molar-refractivity contribution in [2.45, 2.75) is 0 Å². The van der Waals surface area contributed by atoms with Crippen molar-refractivity contribution in [1.82, 2.24) is 19.5 Å². The van der Waals surface area contributed by atoms with Crippen LogP contribution >= 0.6 is 11.3 Å². The third kappa shape index (κ3) is 5.40. The largest absolute Gasteiger partial charge is 0.309 e. The van der Waals surface area contributed by atoms with Crippen molar-refractivity contribution in [3.63, 3.8) is 0 Å². The highest BCUT2D eigenvalue weighted by Gasteiger charge is 2.20. The zero-order valence-corrected chi connectivity index (χ0v) is 31.0. The summed E-state index contributed by atoms with van der Waals surface area (Å²) >= 11 is 1.85. The Morgan fingerprint density at radius 1 is 0.357 bits per heavy atom. The lowest BCUT2D eigenvalue weighted by molar-refractivity contribution is 1.07. The zero-order chi connectivity index (χ0) is 37.0. The van der Waals surface area contributed by atoms with Gasteiger partial charge in [-0.05, 0) is 58.7 Å². The van der Waals surface area contributed by atoms with E-state index in [2.05, 4.69) is 162 Å². The minimum absolute atomic E-state index is 0.635. The summed E-state index contributed by atoms with van der Waals surface area (Å²) in [6.45, 7) is 0. The molecule has 0 radical (unpaired) electrons. The molecule has 0 spiro atoms. The van der Waals surface area contributed by atoms with Crippen LogP contribution in [0.2, 0.25) is 0 Å². The lowest BCUT2D eigenvalue weighted by Crippen LogP contribution is -2.01. The Morgan fingerprint density at radius 2 is 0.929 bits per heavy atom. The highest BCUT2D eigenvalue weighted by molar-refractivity contribution is 7.26. The van der Waals surface area contributed by atoms with Crippen LogP contribution in [-0.2, 0) is 0 Å². The number of aromatic nitrogens is 4. The van der Waals surface area contributed by atoms with Gasteiger partial charge in [0, 0.05) is 53.3 Å². The molecule has 3 heterocycles. The fourth-order valence-corrected chi connectivity index (χ4v) is 9.20. The number of benzene rings is 8. The Hall–Kier alpha value is -7.21. The van der Waals surface area contributed by atoms with Gasteiger partial charge in [0.05, 0.1) is 11.0 Å². The van der Waals surface area contributed by atoms with Gasteiger partial charge in [0.2, 0.25) is 0 Å². The van der Waals surface area contributed by atoms with Gasteiger partial charge in [-0.25, -0.2) is 15.0 Å². The van der Waals surface area contributed by atoms with Crippen LogP contribution in [0.4, 0.5) is 0 Å². The molecule has 0 saturated carbocycles. The van der Waals surface area contributed by atoms with Gasteiger partial charge >= 0.3 is 0 Å². The Bertz CT molecular complexity index is 3170. The number of hydrogen-bond donors (Lipinski definition) is 0. The van der Waals surface area contributed by atoms with Gasteiger partial charge in [0.15, 0.2) is 17.5 Å². The number of fused-ring (bicyclic) bond motifs is 7. The second-order valence-electron chi connectivity index (χ2n) is 14.0. The maximum atomic E-state index is 5.19.